The Balaban J connectivity index is 2.16. The Morgan fingerprint density at radius 3 is 2.94 bits per heavy atom. The predicted octanol–water partition coefficient (Wildman–Crippen LogP) is 1.57. The van der Waals surface area contributed by atoms with E-state index in [4.69, 9.17) is 0 Å². The largest absolute Gasteiger partial charge is 0.364 e. The van der Waals surface area contributed by atoms with Crippen molar-refractivity contribution >= 4 is 11.5 Å². The van der Waals surface area contributed by atoms with Crippen molar-refractivity contribution in [3.63, 3.8) is 0 Å². The highest BCUT2D eigenvalue weighted by molar-refractivity contribution is 5.47. The second-order valence-corrected chi connectivity index (χ2v) is 4.47. The van der Waals surface area contributed by atoms with Crippen LogP contribution < -0.4 is 10.2 Å². The number of nitro groups is 1. The molecule has 0 radical (unpaired) electrons. The molecule has 1 fully saturated rings. The Hall–Kier alpha value is -1.69. The zero-order valence-electron chi connectivity index (χ0n) is 10.5. The zero-order valence-corrected chi connectivity index (χ0v) is 10.5. The monoisotopic (exact) mass is 250 g/mol. The van der Waals surface area contributed by atoms with E-state index in [1.54, 1.807) is 12.3 Å². The first-order valence-corrected chi connectivity index (χ1v) is 6.30. The third-order valence-corrected chi connectivity index (χ3v) is 3.19. The third kappa shape index (κ3) is 2.76. The summed E-state index contributed by atoms with van der Waals surface area (Å²) in [6.45, 7) is 5.09. The SMILES string of the molecule is CCCN(c1ccc([N+](=O)[O-])nc1)C1CCNC1. The van der Waals surface area contributed by atoms with Crippen LogP contribution in [0.15, 0.2) is 18.3 Å². The number of hydrogen-bond donors (Lipinski definition) is 1. The normalized spacial score (nSPS) is 18.8. The minimum Gasteiger partial charge on any atom is -0.364 e. The van der Waals surface area contributed by atoms with E-state index in [1.165, 1.54) is 6.07 Å². The van der Waals surface area contributed by atoms with Gasteiger partial charge in [0.2, 0.25) is 0 Å². The van der Waals surface area contributed by atoms with Crippen molar-refractivity contribution in [1.82, 2.24) is 10.3 Å². The summed E-state index contributed by atoms with van der Waals surface area (Å²) in [5.74, 6) is -0.0975. The van der Waals surface area contributed by atoms with Crippen LogP contribution >= 0.6 is 0 Å². The maximum Gasteiger partial charge on any atom is 0.363 e. The van der Waals surface area contributed by atoms with Crippen LogP contribution in [0.1, 0.15) is 19.8 Å². The predicted molar refractivity (Wildman–Crippen MR) is 69.8 cm³/mol. The molecule has 6 heteroatoms. The molecule has 1 saturated heterocycles. The van der Waals surface area contributed by atoms with Gasteiger partial charge in [-0.2, -0.15) is 0 Å². The van der Waals surface area contributed by atoms with Gasteiger partial charge in [0.15, 0.2) is 6.20 Å². The Morgan fingerprint density at radius 2 is 2.44 bits per heavy atom. The summed E-state index contributed by atoms with van der Waals surface area (Å²) in [5.41, 5.74) is 0.969. The molecule has 2 heterocycles. The average molecular weight is 250 g/mol. The lowest BCUT2D eigenvalue weighted by atomic mass is 10.2. The summed E-state index contributed by atoms with van der Waals surface area (Å²) in [7, 11) is 0. The van der Waals surface area contributed by atoms with Crippen LogP contribution in [0.2, 0.25) is 0 Å². The summed E-state index contributed by atoms with van der Waals surface area (Å²) < 4.78 is 0. The molecule has 18 heavy (non-hydrogen) atoms. The molecule has 1 aromatic heterocycles. The van der Waals surface area contributed by atoms with E-state index >= 15 is 0 Å². The number of pyridine rings is 1. The molecule has 0 saturated carbocycles. The topological polar surface area (TPSA) is 71.3 Å². The van der Waals surface area contributed by atoms with Gasteiger partial charge in [0, 0.05) is 25.2 Å². The number of hydrogen-bond acceptors (Lipinski definition) is 5. The van der Waals surface area contributed by atoms with Crippen molar-refractivity contribution in [3.05, 3.63) is 28.4 Å². The molecule has 1 aliphatic heterocycles. The molecule has 2 rings (SSSR count). The van der Waals surface area contributed by atoms with Crippen LogP contribution in [-0.2, 0) is 0 Å². The molecular weight excluding hydrogens is 232 g/mol. The smallest absolute Gasteiger partial charge is 0.363 e. The van der Waals surface area contributed by atoms with Crippen LogP contribution in [0, 0.1) is 10.1 Å². The molecular formula is C12H18N4O2. The van der Waals surface area contributed by atoms with Gasteiger partial charge >= 0.3 is 5.82 Å². The lowest BCUT2D eigenvalue weighted by Gasteiger charge is -2.29. The summed E-state index contributed by atoms with van der Waals surface area (Å²) in [6, 6.07) is 3.73. The van der Waals surface area contributed by atoms with Crippen molar-refractivity contribution in [2.45, 2.75) is 25.8 Å². The molecule has 0 spiro atoms. The first-order valence-electron chi connectivity index (χ1n) is 6.30. The van der Waals surface area contributed by atoms with Gasteiger partial charge in [0.05, 0.1) is 5.69 Å². The number of nitrogens with zero attached hydrogens (tertiary/aromatic N) is 3. The third-order valence-electron chi connectivity index (χ3n) is 3.19. The molecule has 98 valence electrons. The fourth-order valence-electron chi connectivity index (χ4n) is 2.32. The van der Waals surface area contributed by atoms with Crippen LogP contribution in [0.3, 0.4) is 0 Å². The number of rotatable bonds is 5. The number of anilines is 1. The summed E-state index contributed by atoms with van der Waals surface area (Å²) in [4.78, 5) is 16.3. The van der Waals surface area contributed by atoms with E-state index in [9.17, 15) is 10.1 Å². The van der Waals surface area contributed by atoms with Crippen molar-refractivity contribution in [2.24, 2.45) is 0 Å². The molecule has 0 aromatic carbocycles. The van der Waals surface area contributed by atoms with Crippen molar-refractivity contribution < 1.29 is 4.92 Å². The Labute approximate surface area is 106 Å². The van der Waals surface area contributed by atoms with E-state index in [0.717, 1.165) is 38.2 Å². The fraction of sp³-hybridized carbons (Fsp3) is 0.583. The fourth-order valence-corrected chi connectivity index (χ4v) is 2.32. The van der Waals surface area contributed by atoms with Crippen LogP contribution in [0.5, 0.6) is 0 Å². The second kappa shape index (κ2) is 5.77. The van der Waals surface area contributed by atoms with E-state index < -0.39 is 4.92 Å². The molecule has 6 nitrogen and oxygen atoms in total. The highest BCUT2D eigenvalue weighted by Gasteiger charge is 2.23. The van der Waals surface area contributed by atoms with Gasteiger partial charge in [0.1, 0.15) is 0 Å². The van der Waals surface area contributed by atoms with E-state index in [-0.39, 0.29) is 5.82 Å². The molecule has 1 unspecified atom stereocenters. The van der Waals surface area contributed by atoms with Gasteiger partial charge in [-0.25, -0.2) is 0 Å². The van der Waals surface area contributed by atoms with Gasteiger partial charge in [-0.15, -0.1) is 0 Å². The highest BCUT2D eigenvalue weighted by atomic mass is 16.6. The van der Waals surface area contributed by atoms with Crippen molar-refractivity contribution in [2.75, 3.05) is 24.5 Å². The van der Waals surface area contributed by atoms with Crippen LogP contribution in [0.4, 0.5) is 11.5 Å². The maximum absolute atomic E-state index is 10.6. The summed E-state index contributed by atoms with van der Waals surface area (Å²) >= 11 is 0. The first-order chi connectivity index (χ1) is 8.72. The lowest BCUT2D eigenvalue weighted by molar-refractivity contribution is -0.389. The molecule has 1 N–H and O–H groups in total. The number of nitrogens with one attached hydrogen (secondary N) is 1. The number of aromatic nitrogens is 1. The zero-order chi connectivity index (χ0) is 13.0. The lowest BCUT2D eigenvalue weighted by Crippen LogP contribution is -2.37. The molecule has 0 aliphatic carbocycles. The van der Waals surface area contributed by atoms with Crippen LogP contribution in [-0.4, -0.2) is 35.6 Å². The maximum atomic E-state index is 10.6. The van der Waals surface area contributed by atoms with Gasteiger partial charge < -0.3 is 20.3 Å². The molecule has 1 aliphatic rings. The van der Waals surface area contributed by atoms with Crippen molar-refractivity contribution in [1.29, 1.82) is 0 Å². The summed E-state index contributed by atoms with van der Waals surface area (Å²) in [5, 5.41) is 13.9. The molecule has 0 bridgehead atoms. The summed E-state index contributed by atoms with van der Waals surface area (Å²) in [6.07, 6.45) is 3.76. The van der Waals surface area contributed by atoms with Gasteiger partial charge in [-0.05, 0) is 35.4 Å². The second-order valence-electron chi connectivity index (χ2n) is 4.47. The molecule has 0 amide bonds. The Morgan fingerprint density at radius 1 is 1.61 bits per heavy atom. The van der Waals surface area contributed by atoms with Gasteiger partial charge in [-0.3, -0.25) is 0 Å². The van der Waals surface area contributed by atoms with Crippen molar-refractivity contribution in [3.8, 4) is 0 Å². The quantitative estimate of drug-likeness (QED) is 0.634. The minimum atomic E-state index is -0.467. The Bertz CT molecular complexity index is 401. The molecule has 1 aromatic rings. The standard InChI is InChI=1S/C12H18N4O2/c1-2-7-15(11-5-6-13-8-11)10-3-4-12(14-9-10)16(17)18/h3-4,9,11,13H,2,5-8H2,1H3. The first kappa shape index (κ1) is 12.8. The van der Waals surface area contributed by atoms with E-state index in [0.29, 0.717) is 6.04 Å². The minimum absolute atomic E-state index is 0.0975. The molecule has 1 atom stereocenters. The Kier molecular flexibility index (Phi) is 4.09. The van der Waals surface area contributed by atoms with Gasteiger partial charge in [-0.1, -0.05) is 6.92 Å². The average Bonchev–Trinajstić information content (AvgIpc) is 2.90. The van der Waals surface area contributed by atoms with Gasteiger partial charge in [0.25, 0.3) is 0 Å². The van der Waals surface area contributed by atoms with E-state index in [2.05, 4.69) is 22.1 Å². The highest BCUT2D eigenvalue weighted by Crippen LogP contribution is 2.21. The van der Waals surface area contributed by atoms with Crippen LogP contribution in [0.25, 0.3) is 0 Å². The van der Waals surface area contributed by atoms with E-state index in [1.807, 2.05) is 0 Å².